The Morgan fingerprint density at radius 2 is 2.15 bits per heavy atom. The van der Waals surface area contributed by atoms with Gasteiger partial charge in [0.05, 0.1) is 12.6 Å². The summed E-state index contributed by atoms with van der Waals surface area (Å²) in [7, 11) is 0. The van der Waals surface area contributed by atoms with Crippen molar-refractivity contribution in [2.24, 2.45) is 5.92 Å². The van der Waals surface area contributed by atoms with E-state index in [9.17, 15) is 5.11 Å². The highest BCUT2D eigenvalue weighted by atomic mass is 35.5. The molecule has 8 heteroatoms. The van der Waals surface area contributed by atoms with Gasteiger partial charge in [0.2, 0.25) is 17.2 Å². The van der Waals surface area contributed by atoms with E-state index in [0.29, 0.717) is 17.8 Å². The standard InChI is InChI=1S/C12H15ClN6O/c1-8-2-4-19(9(8)6-20)12-16-10(13)15-11(17-12)18-5-3-14-7-18/h3,5,7-9,20H,2,4,6H2,1H3. The van der Waals surface area contributed by atoms with Crippen LogP contribution < -0.4 is 4.90 Å². The second-order valence-electron chi connectivity index (χ2n) is 4.88. The van der Waals surface area contributed by atoms with Crippen LogP contribution in [0.25, 0.3) is 5.95 Å². The van der Waals surface area contributed by atoms with Crippen LogP contribution in [0.15, 0.2) is 18.7 Å². The number of aromatic nitrogens is 5. The van der Waals surface area contributed by atoms with Gasteiger partial charge in [0.25, 0.3) is 0 Å². The molecule has 7 nitrogen and oxygen atoms in total. The van der Waals surface area contributed by atoms with Gasteiger partial charge in [0.15, 0.2) is 0 Å². The minimum atomic E-state index is 0.0177. The average molecular weight is 295 g/mol. The minimum Gasteiger partial charge on any atom is -0.394 e. The normalized spacial score (nSPS) is 22.4. The number of hydrogen-bond donors (Lipinski definition) is 1. The van der Waals surface area contributed by atoms with E-state index in [1.807, 2.05) is 4.90 Å². The zero-order valence-electron chi connectivity index (χ0n) is 11.0. The van der Waals surface area contributed by atoms with Crippen molar-refractivity contribution < 1.29 is 5.11 Å². The van der Waals surface area contributed by atoms with Gasteiger partial charge < -0.3 is 10.0 Å². The Balaban J connectivity index is 1.98. The largest absolute Gasteiger partial charge is 0.394 e. The molecular weight excluding hydrogens is 280 g/mol. The third kappa shape index (κ3) is 2.34. The maximum Gasteiger partial charge on any atom is 0.241 e. The summed E-state index contributed by atoms with van der Waals surface area (Å²) in [6, 6.07) is 0.0177. The molecule has 3 heterocycles. The first-order chi connectivity index (χ1) is 9.69. The molecular formula is C12H15ClN6O. The molecule has 1 aliphatic rings. The predicted molar refractivity (Wildman–Crippen MR) is 74.0 cm³/mol. The van der Waals surface area contributed by atoms with E-state index in [1.54, 1.807) is 23.3 Å². The fourth-order valence-electron chi connectivity index (χ4n) is 2.49. The van der Waals surface area contributed by atoms with Crippen LogP contribution in [0.1, 0.15) is 13.3 Å². The predicted octanol–water partition coefficient (Wildman–Crippen LogP) is 0.918. The zero-order chi connectivity index (χ0) is 14.1. The Hall–Kier alpha value is -1.73. The summed E-state index contributed by atoms with van der Waals surface area (Å²) in [5, 5.41) is 9.66. The van der Waals surface area contributed by atoms with Gasteiger partial charge in [0.1, 0.15) is 6.33 Å². The molecule has 20 heavy (non-hydrogen) atoms. The number of imidazole rings is 1. The lowest BCUT2D eigenvalue weighted by atomic mass is 10.0. The summed E-state index contributed by atoms with van der Waals surface area (Å²) >= 11 is 5.99. The first-order valence-corrected chi connectivity index (χ1v) is 6.84. The summed E-state index contributed by atoms with van der Waals surface area (Å²) in [5.74, 6) is 1.32. The molecule has 0 aromatic carbocycles. The molecule has 0 saturated carbocycles. The topological polar surface area (TPSA) is 80.0 Å². The van der Waals surface area contributed by atoms with Crippen LogP contribution in [-0.4, -0.2) is 48.8 Å². The monoisotopic (exact) mass is 294 g/mol. The first kappa shape index (κ1) is 13.3. The smallest absolute Gasteiger partial charge is 0.241 e. The molecule has 0 bridgehead atoms. The third-order valence-electron chi connectivity index (χ3n) is 3.65. The number of aliphatic hydroxyl groups is 1. The second kappa shape index (κ2) is 5.34. The summed E-state index contributed by atoms with van der Waals surface area (Å²) in [6.45, 7) is 2.99. The Bertz CT molecular complexity index is 590. The number of anilines is 1. The van der Waals surface area contributed by atoms with Crippen molar-refractivity contribution in [3.8, 4) is 5.95 Å². The molecule has 2 unspecified atom stereocenters. The van der Waals surface area contributed by atoms with Crippen molar-refractivity contribution in [2.45, 2.75) is 19.4 Å². The lowest BCUT2D eigenvalue weighted by Crippen LogP contribution is -2.36. The van der Waals surface area contributed by atoms with E-state index in [0.717, 1.165) is 13.0 Å². The summed E-state index contributed by atoms with van der Waals surface area (Å²) < 4.78 is 1.67. The van der Waals surface area contributed by atoms with E-state index >= 15 is 0 Å². The Kier molecular flexibility index (Phi) is 3.54. The van der Waals surface area contributed by atoms with Crippen LogP contribution in [0.5, 0.6) is 0 Å². The minimum absolute atomic E-state index is 0.0177. The first-order valence-electron chi connectivity index (χ1n) is 6.46. The number of halogens is 1. The van der Waals surface area contributed by atoms with E-state index in [2.05, 4.69) is 26.9 Å². The molecule has 1 N–H and O–H groups in total. The quantitative estimate of drug-likeness (QED) is 0.907. The number of rotatable bonds is 3. The molecule has 2 aromatic rings. The molecule has 0 spiro atoms. The van der Waals surface area contributed by atoms with Gasteiger partial charge in [-0.3, -0.25) is 4.57 Å². The van der Waals surface area contributed by atoms with Crippen LogP contribution in [0, 0.1) is 5.92 Å². The van der Waals surface area contributed by atoms with E-state index in [4.69, 9.17) is 11.6 Å². The molecule has 1 aliphatic heterocycles. The molecule has 2 atom stereocenters. The molecule has 3 rings (SSSR count). The molecule has 0 amide bonds. The van der Waals surface area contributed by atoms with Gasteiger partial charge in [0, 0.05) is 18.9 Å². The van der Waals surface area contributed by atoms with Gasteiger partial charge >= 0.3 is 0 Å². The van der Waals surface area contributed by atoms with Gasteiger partial charge in [-0.15, -0.1) is 0 Å². The van der Waals surface area contributed by atoms with E-state index in [-0.39, 0.29) is 17.9 Å². The Labute approximate surface area is 121 Å². The Morgan fingerprint density at radius 1 is 1.35 bits per heavy atom. The zero-order valence-corrected chi connectivity index (χ0v) is 11.8. The third-order valence-corrected chi connectivity index (χ3v) is 3.82. The van der Waals surface area contributed by atoms with Crippen molar-refractivity contribution in [1.82, 2.24) is 24.5 Å². The summed E-state index contributed by atoms with van der Waals surface area (Å²) in [5.41, 5.74) is 0. The maximum atomic E-state index is 9.53. The number of hydrogen-bond acceptors (Lipinski definition) is 6. The average Bonchev–Trinajstić information content (AvgIpc) is 3.06. The van der Waals surface area contributed by atoms with Crippen molar-refractivity contribution in [1.29, 1.82) is 0 Å². The molecule has 0 radical (unpaired) electrons. The SMILES string of the molecule is CC1CCN(c2nc(Cl)nc(-n3ccnc3)n2)C1CO. The van der Waals surface area contributed by atoms with Crippen LogP contribution in [-0.2, 0) is 0 Å². The maximum absolute atomic E-state index is 9.53. The van der Waals surface area contributed by atoms with Gasteiger partial charge in [-0.2, -0.15) is 15.0 Å². The lowest BCUT2D eigenvalue weighted by Gasteiger charge is -2.25. The van der Waals surface area contributed by atoms with Crippen molar-refractivity contribution in [2.75, 3.05) is 18.1 Å². The van der Waals surface area contributed by atoms with Crippen molar-refractivity contribution in [3.63, 3.8) is 0 Å². The molecule has 106 valence electrons. The van der Waals surface area contributed by atoms with Crippen LogP contribution in [0.4, 0.5) is 5.95 Å². The van der Waals surface area contributed by atoms with Crippen LogP contribution in [0.3, 0.4) is 0 Å². The van der Waals surface area contributed by atoms with Crippen LogP contribution >= 0.6 is 11.6 Å². The van der Waals surface area contributed by atoms with Gasteiger partial charge in [-0.25, -0.2) is 4.98 Å². The second-order valence-corrected chi connectivity index (χ2v) is 5.22. The summed E-state index contributed by atoms with van der Waals surface area (Å²) in [4.78, 5) is 18.6. The molecule has 0 aliphatic carbocycles. The lowest BCUT2D eigenvalue weighted by molar-refractivity contribution is 0.244. The highest BCUT2D eigenvalue weighted by Crippen LogP contribution is 2.27. The fraction of sp³-hybridized carbons (Fsp3) is 0.500. The van der Waals surface area contributed by atoms with Gasteiger partial charge in [-0.1, -0.05) is 6.92 Å². The highest BCUT2D eigenvalue weighted by molar-refractivity contribution is 6.28. The molecule has 1 saturated heterocycles. The highest BCUT2D eigenvalue weighted by Gasteiger charge is 2.32. The molecule has 1 fully saturated rings. The van der Waals surface area contributed by atoms with E-state index < -0.39 is 0 Å². The number of aliphatic hydroxyl groups excluding tert-OH is 1. The fourth-order valence-corrected chi connectivity index (χ4v) is 2.64. The van der Waals surface area contributed by atoms with Crippen molar-refractivity contribution in [3.05, 3.63) is 24.0 Å². The Morgan fingerprint density at radius 3 is 2.85 bits per heavy atom. The summed E-state index contributed by atoms with van der Waals surface area (Å²) in [6.07, 6.45) is 5.98. The van der Waals surface area contributed by atoms with Gasteiger partial charge in [-0.05, 0) is 23.9 Å². The van der Waals surface area contributed by atoms with E-state index in [1.165, 1.54) is 0 Å². The number of nitrogens with zero attached hydrogens (tertiary/aromatic N) is 6. The molecule has 2 aromatic heterocycles. The van der Waals surface area contributed by atoms with Crippen LogP contribution in [0.2, 0.25) is 5.28 Å². The van der Waals surface area contributed by atoms with Crippen molar-refractivity contribution >= 4 is 17.5 Å².